The highest BCUT2D eigenvalue weighted by atomic mass is 79.9. The van der Waals surface area contributed by atoms with Crippen LogP contribution in [0.3, 0.4) is 0 Å². The first-order valence-corrected chi connectivity index (χ1v) is 8.50. The summed E-state index contributed by atoms with van der Waals surface area (Å²) in [5, 5.41) is 7.73. The molecule has 0 amide bonds. The zero-order valence-electron chi connectivity index (χ0n) is 12.1. The lowest BCUT2D eigenvalue weighted by Gasteiger charge is -2.17. The maximum atomic E-state index is 5.74. The minimum absolute atomic E-state index is 0.317. The van der Waals surface area contributed by atoms with Gasteiger partial charge in [-0.15, -0.1) is 0 Å². The Labute approximate surface area is 142 Å². The summed E-state index contributed by atoms with van der Waals surface area (Å²) in [6, 6.07) is 6.34. The third kappa shape index (κ3) is 4.83. The lowest BCUT2D eigenvalue weighted by atomic mass is 10.2. The fourth-order valence-electron chi connectivity index (χ4n) is 2.09. The van der Waals surface area contributed by atoms with Crippen LogP contribution in [0.25, 0.3) is 0 Å². The topological polar surface area (TPSA) is 39.1 Å². The second-order valence-electron chi connectivity index (χ2n) is 4.82. The summed E-state index contributed by atoms with van der Waals surface area (Å²) in [5.74, 6) is 0.902. The Morgan fingerprint density at radius 3 is 2.86 bits per heavy atom. The van der Waals surface area contributed by atoms with E-state index < -0.39 is 0 Å². The summed E-state index contributed by atoms with van der Waals surface area (Å²) in [6.07, 6.45) is 3.77. The van der Waals surface area contributed by atoms with Gasteiger partial charge in [0.2, 0.25) is 0 Å². The van der Waals surface area contributed by atoms with Crippen LogP contribution in [0.5, 0.6) is 5.75 Å². The van der Waals surface area contributed by atoms with Crippen LogP contribution in [0, 0.1) is 0 Å². The minimum Gasteiger partial charge on any atom is -0.492 e. The van der Waals surface area contributed by atoms with Crippen LogP contribution in [0.2, 0.25) is 0 Å². The lowest BCUT2D eigenvalue weighted by Crippen LogP contribution is -2.30. The van der Waals surface area contributed by atoms with Gasteiger partial charge in [-0.25, -0.2) is 0 Å². The molecule has 0 aliphatic carbocycles. The van der Waals surface area contributed by atoms with E-state index >= 15 is 0 Å². The fourth-order valence-corrected chi connectivity index (χ4v) is 3.52. The highest BCUT2D eigenvalue weighted by Gasteiger charge is 2.11. The molecule has 2 aromatic rings. The maximum Gasteiger partial charge on any atom is 0.138 e. The van der Waals surface area contributed by atoms with Crippen LogP contribution in [0.4, 0.5) is 0 Å². The molecule has 0 spiro atoms. The molecule has 114 valence electrons. The Morgan fingerprint density at radius 2 is 2.19 bits per heavy atom. The molecule has 1 N–H and O–H groups in total. The monoisotopic (exact) mass is 415 g/mol. The Balaban J connectivity index is 2.01. The standard InChI is InChI=1S/C15H19Br2N3O/c1-3-21-15-12(7-13(16)8-14(15)17)9-18-11(2)10-20-6-4-5-19-20/h4-8,11,18H,3,9-10H2,1-2H3. The number of hydrogen-bond acceptors (Lipinski definition) is 3. The molecule has 0 aliphatic heterocycles. The molecule has 21 heavy (non-hydrogen) atoms. The predicted molar refractivity (Wildman–Crippen MR) is 91.5 cm³/mol. The van der Waals surface area contributed by atoms with Gasteiger partial charge in [-0.05, 0) is 48.0 Å². The number of hydrogen-bond donors (Lipinski definition) is 1. The van der Waals surface area contributed by atoms with Gasteiger partial charge in [0.25, 0.3) is 0 Å². The molecule has 1 aromatic carbocycles. The van der Waals surface area contributed by atoms with Crippen molar-refractivity contribution in [1.29, 1.82) is 0 Å². The Bertz CT molecular complexity index is 573. The normalized spacial score (nSPS) is 12.4. The molecule has 1 unspecified atom stereocenters. The number of nitrogens with zero attached hydrogens (tertiary/aromatic N) is 2. The Kier molecular flexibility index (Phi) is 6.26. The molecular weight excluding hydrogens is 398 g/mol. The second-order valence-corrected chi connectivity index (χ2v) is 6.59. The van der Waals surface area contributed by atoms with Gasteiger partial charge in [0.1, 0.15) is 5.75 Å². The van der Waals surface area contributed by atoms with Crippen molar-refractivity contribution >= 4 is 31.9 Å². The third-order valence-electron chi connectivity index (χ3n) is 3.04. The molecule has 0 fully saturated rings. The molecule has 0 aliphatic rings. The van der Waals surface area contributed by atoms with Crippen molar-refractivity contribution in [2.45, 2.75) is 33.0 Å². The zero-order valence-corrected chi connectivity index (χ0v) is 15.3. The molecular formula is C15H19Br2N3O. The third-order valence-corrected chi connectivity index (χ3v) is 4.08. The van der Waals surface area contributed by atoms with Crippen LogP contribution < -0.4 is 10.1 Å². The van der Waals surface area contributed by atoms with Gasteiger partial charge in [0.05, 0.1) is 17.6 Å². The number of aromatic nitrogens is 2. The van der Waals surface area contributed by atoms with Crippen molar-refractivity contribution in [3.05, 3.63) is 45.1 Å². The number of nitrogens with one attached hydrogen (secondary N) is 1. The number of benzene rings is 1. The molecule has 0 saturated carbocycles. The molecule has 1 aromatic heterocycles. The highest BCUT2D eigenvalue weighted by Crippen LogP contribution is 2.33. The van der Waals surface area contributed by atoms with Gasteiger partial charge in [-0.2, -0.15) is 5.10 Å². The minimum atomic E-state index is 0.317. The molecule has 4 nitrogen and oxygen atoms in total. The van der Waals surface area contributed by atoms with E-state index in [1.165, 1.54) is 0 Å². The van der Waals surface area contributed by atoms with E-state index in [-0.39, 0.29) is 0 Å². The summed E-state index contributed by atoms with van der Waals surface area (Å²) in [7, 11) is 0. The molecule has 2 rings (SSSR count). The van der Waals surface area contributed by atoms with E-state index in [2.05, 4.69) is 55.3 Å². The molecule has 1 heterocycles. The van der Waals surface area contributed by atoms with E-state index in [4.69, 9.17) is 4.74 Å². The summed E-state index contributed by atoms with van der Waals surface area (Å²) in [5.41, 5.74) is 1.13. The van der Waals surface area contributed by atoms with E-state index in [0.717, 1.165) is 33.3 Å². The van der Waals surface area contributed by atoms with E-state index in [1.807, 2.05) is 29.9 Å². The van der Waals surface area contributed by atoms with E-state index in [9.17, 15) is 0 Å². The van der Waals surface area contributed by atoms with Crippen LogP contribution in [-0.4, -0.2) is 22.4 Å². The van der Waals surface area contributed by atoms with Gasteiger partial charge in [0, 0.05) is 35.0 Å². The number of halogens is 2. The van der Waals surface area contributed by atoms with Crippen molar-refractivity contribution < 1.29 is 4.74 Å². The molecule has 1 atom stereocenters. The zero-order chi connectivity index (χ0) is 15.2. The predicted octanol–water partition coefficient (Wildman–Crippen LogP) is 3.99. The molecule has 6 heteroatoms. The Morgan fingerprint density at radius 1 is 1.38 bits per heavy atom. The van der Waals surface area contributed by atoms with Crippen molar-refractivity contribution in [2.75, 3.05) is 6.61 Å². The van der Waals surface area contributed by atoms with Crippen molar-refractivity contribution in [3.63, 3.8) is 0 Å². The van der Waals surface area contributed by atoms with Crippen LogP contribution in [-0.2, 0) is 13.1 Å². The van der Waals surface area contributed by atoms with Crippen molar-refractivity contribution in [3.8, 4) is 5.75 Å². The summed E-state index contributed by atoms with van der Waals surface area (Å²) in [4.78, 5) is 0. The molecule has 0 saturated heterocycles. The first-order valence-electron chi connectivity index (χ1n) is 6.91. The van der Waals surface area contributed by atoms with Crippen LogP contribution in [0.1, 0.15) is 19.4 Å². The van der Waals surface area contributed by atoms with Crippen molar-refractivity contribution in [2.24, 2.45) is 0 Å². The first-order chi connectivity index (χ1) is 10.1. The lowest BCUT2D eigenvalue weighted by molar-refractivity contribution is 0.331. The average Bonchev–Trinajstić information content (AvgIpc) is 2.92. The van der Waals surface area contributed by atoms with Gasteiger partial charge >= 0.3 is 0 Å². The molecule has 0 bridgehead atoms. The van der Waals surface area contributed by atoms with Gasteiger partial charge in [0.15, 0.2) is 0 Å². The van der Waals surface area contributed by atoms with Gasteiger partial charge in [-0.1, -0.05) is 15.9 Å². The first kappa shape index (κ1) is 16.5. The van der Waals surface area contributed by atoms with Crippen molar-refractivity contribution in [1.82, 2.24) is 15.1 Å². The summed E-state index contributed by atoms with van der Waals surface area (Å²) in [6.45, 7) is 6.37. The number of ether oxygens (including phenoxy) is 1. The van der Waals surface area contributed by atoms with E-state index in [0.29, 0.717) is 12.6 Å². The summed E-state index contributed by atoms with van der Waals surface area (Å²) >= 11 is 7.08. The fraction of sp³-hybridized carbons (Fsp3) is 0.400. The maximum absolute atomic E-state index is 5.74. The number of rotatable bonds is 7. The molecule has 0 radical (unpaired) electrons. The summed E-state index contributed by atoms with van der Waals surface area (Å²) < 4.78 is 9.67. The van der Waals surface area contributed by atoms with Gasteiger partial charge < -0.3 is 10.1 Å². The van der Waals surface area contributed by atoms with Crippen LogP contribution in [0.15, 0.2) is 39.5 Å². The second kappa shape index (κ2) is 7.96. The SMILES string of the molecule is CCOc1c(Br)cc(Br)cc1CNC(C)Cn1cccn1. The average molecular weight is 417 g/mol. The van der Waals surface area contributed by atoms with Crippen LogP contribution >= 0.6 is 31.9 Å². The quantitative estimate of drug-likeness (QED) is 0.741. The highest BCUT2D eigenvalue weighted by molar-refractivity contribution is 9.11. The smallest absolute Gasteiger partial charge is 0.138 e. The van der Waals surface area contributed by atoms with E-state index in [1.54, 1.807) is 6.20 Å². The Hall–Kier alpha value is -0.850. The largest absolute Gasteiger partial charge is 0.492 e. The van der Waals surface area contributed by atoms with Gasteiger partial charge in [-0.3, -0.25) is 4.68 Å².